The van der Waals surface area contributed by atoms with Gasteiger partial charge in [-0.1, -0.05) is 42.5 Å². The van der Waals surface area contributed by atoms with Crippen molar-refractivity contribution in [1.29, 1.82) is 0 Å². The number of carbonyl (C=O) groups is 2. The first kappa shape index (κ1) is 17.7. The van der Waals surface area contributed by atoms with Crippen LogP contribution in [-0.2, 0) is 16.0 Å². The van der Waals surface area contributed by atoms with Gasteiger partial charge in [0, 0.05) is 6.54 Å². The van der Waals surface area contributed by atoms with Gasteiger partial charge in [0.2, 0.25) is 11.8 Å². The van der Waals surface area contributed by atoms with Crippen LogP contribution in [0.2, 0.25) is 0 Å². The molecule has 4 rings (SSSR count). The molecule has 1 aliphatic heterocycles. The highest BCUT2D eigenvalue weighted by atomic mass is 32.1. The third-order valence-electron chi connectivity index (χ3n) is 5.17. The third-order valence-corrected chi connectivity index (χ3v) is 5.87. The fraction of sp³-hybridized carbons (Fsp3) is 0.273. The second kappa shape index (κ2) is 7.92. The summed E-state index contributed by atoms with van der Waals surface area (Å²) in [6, 6.07) is 16.2. The lowest BCUT2D eigenvalue weighted by Crippen LogP contribution is -2.40. The van der Waals surface area contributed by atoms with Crippen molar-refractivity contribution < 1.29 is 9.59 Å². The molecule has 1 saturated heterocycles. The average Bonchev–Trinajstić information content (AvgIpc) is 3.37. The molecule has 0 aliphatic carbocycles. The highest BCUT2D eigenvalue weighted by Crippen LogP contribution is 2.32. The summed E-state index contributed by atoms with van der Waals surface area (Å²) in [5, 5.41) is 9.16. The van der Waals surface area contributed by atoms with E-state index in [1.165, 1.54) is 5.56 Å². The van der Waals surface area contributed by atoms with Crippen LogP contribution < -0.4 is 5.32 Å². The number of benzene rings is 2. The van der Waals surface area contributed by atoms with Gasteiger partial charge in [0.15, 0.2) is 0 Å². The minimum Gasteiger partial charge on any atom is -0.347 e. The topological polar surface area (TPSA) is 49.4 Å². The van der Waals surface area contributed by atoms with Gasteiger partial charge in [-0.3, -0.25) is 9.59 Å². The number of fused-ring (bicyclic) bond motifs is 1. The van der Waals surface area contributed by atoms with Gasteiger partial charge in [-0.25, -0.2) is 0 Å². The van der Waals surface area contributed by atoms with Gasteiger partial charge in [0.25, 0.3) is 0 Å². The molecule has 0 saturated carbocycles. The van der Waals surface area contributed by atoms with E-state index >= 15 is 0 Å². The SMILES string of the molecule is O=C(Cc1cccc2ccccc12)NCC(=O)N1CCCC1c1ccsc1. The molecule has 0 bridgehead atoms. The van der Waals surface area contributed by atoms with E-state index < -0.39 is 0 Å². The van der Waals surface area contributed by atoms with Crippen LogP contribution >= 0.6 is 11.3 Å². The van der Waals surface area contributed by atoms with Crippen molar-refractivity contribution in [2.45, 2.75) is 25.3 Å². The smallest absolute Gasteiger partial charge is 0.242 e. The van der Waals surface area contributed by atoms with Gasteiger partial charge >= 0.3 is 0 Å². The van der Waals surface area contributed by atoms with Crippen molar-refractivity contribution in [2.75, 3.05) is 13.1 Å². The summed E-state index contributed by atoms with van der Waals surface area (Å²) in [6.45, 7) is 0.822. The molecule has 0 radical (unpaired) electrons. The van der Waals surface area contributed by atoms with Crippen molar-refractivity contribution in [3.63, 3.8) is 0 Å². The maximum atomic E-state index is 12.6. The average molecular weight is 378 g/mol. The molecule has 27 heavy (non-hydrogen) atoms. The minimum absolute atomic E-state index is 0.00466. The number of nitrogens with one attached hydrogen (secondary N) is 1. The highest BCUT2D eigenvalue weighted by molar-refractivity contribution is 7.08. The van der Waals surface area contributed by atoms with E-state index in [0.29, 0.717) is 0 Å². The lowest BCUT2D eigenvalue weighted by molar-refractivity contribution is -0.133. The first-order chi connectivity index (χ1) is 13.2. The van der Waals surface area contributed by atoms with Crippen LogP contribution in [0.5, 0.6) is 0 Å². The van der Waals surface area contributed by atoms with E-state index in [2.05, 4.69) is 16.8 Å². The Morgan fingerprint density at radius 1 is 1.11 bits per heavy atom. The van der Waals surface area contributed by atoms with E-state index in [1.807, 2.05) is 52.7 Å². The van der Waals surface area contributed by atoms with Crippen LogP contribution in [0, 0.1) is 0 Å². The normalized spacial score (nSPS) is 16.6. The maximum Gasteiger partial charge on any atom is 0.242 e. The summed E-state index contributed by atoms with van der Waals surface area (Å²) in [5.74, 6) is -0.124. The molecule has 0 spiro atoms. The molecule has 1 aromatic heterocycles. The van der Waals surface area contributed by atoms with Crippen LogP contribution in [0.15, 0.2) is 59.3 Å². The van der Waals surface area contributed by atoms with Gasteiger partial charge in [0.1, 0.15) is 0 Å². The Hall–Kier alpha value is -2.66. The van der Waals surface area contributed by atoms with E-state index in [-0.39, 0.29) is 30.8 Å². The summed E-state index contributed by atoms with van der Waals surface area (Å²) < 4.78 is 0. The van der Waals surface area contributed by atoms with E-state index in [1.54, 1.807) is 11.3 Å². The Bertz CT molecular complexity index is 947. The number of thiophene rings is 1. The molecule has 5 heteroatoms. The fourth-order valence-corrected chi connectivity index (χ4v) is 4.54. The van der Waals surface area contributed by atoms with Crippen molar-refractivity contribution in [3.8, 4) is 0 Å². The summed E-state index contributed by atoms with van der Waals surface area (Å²) in [7, 11) is 0. The highest BCUT2D eigenvalue weighted by Gasteiger charge is 2.30. The number of nitrogens with zero attached hydrogens (tertiary/aromatic N) is 1. The summed E-state index contributed by atoms with van der Waals surface area (Å²) >= 11 is 1.65. The molecular formula is C22H22N2O2S. The molecule has 1 fully saturated rings. The molecule has 1 aliphatic rings. The van der Waals surface area contributed by atoms with Gasteiger partial charge in [0.05, 0.1) is 19.0 Å². The van der Waals surface area contributed by atoms with Gasteiger partial charge < -0.3 is 10.2 Å². The number of likely N-dealkylation sites (tertiary alicyclic amines) is 1. The van der Waals surface area contributed by atoms with Crippen molar-refractivity contribution in [3.05, 3.63) is 70.4 Å². The van der Waals surface area contributed by atoms with E-state index in [4.69, 9.17) is 0 Å². The molecule has 2 amide bonds. The molecular weight excluding hydrogens is 356 g/mol. The molecule has 3 aromatic rings. The third kappa shape index (κ3) is 3.88. The second-order valence-corrected chi connectivity index (χ2v) is 7.67. The summed E-state index contributed by atoms with van der Waals surface area (Å²) in [4.78, 5) is 26.9. The molecule has 2 heterocycles. The van der Waals surface area contributed by atoms with Crippen molar-refractivity contribution in [1.82, 2.24) is 10.2 Å². The van der Waals surface area contributed by atoms with Gasteiger partial charge in [-0.15, -0.1) is 0 Å². The van der Waals surface area contributed by atoms with Crippen LogP contribution in [0.3, 0.4) is 0 Å². The molecule has 138 valence electrons. The lowest BCUT2D eigenvalue weighted by Gasteiger charge is -2.24. The Balaban J connectivity index is 1.37. The van der Waals surface area contributed by atoms with E-state index in [0.717, 1.165) is 35.7 Å². The second-order valence-electron chi connectivity index (χ2n) is 6.89. The first-order valence-corrected chi connectivity index (χ1v) is 10.2. The lowest BCUT2D eigenvalue weighted by atomic mass is 10.0. The number of carbonyl (C=O) groups excluding carboxylic acids is 2. The predicted octanol–water partition coefficient (Wildman–Crippen LogP) is 3.92. The van der Waals surface area contributed by atoms with E-state index in [9.17, 15) is 9.59 Å². The molecule has 4 nitrogen and oxygen atoms in total. The molecule has 1 unspecified atom stereocenters. The predicted molar refractivity (Wildman–Crippen MR) is 109 cm³/mol. The Labute approximate surface area is 162 Å². The molecule has 1 N–H and O–H groups in total. The van der Waals surface area contributed by atoms with Gasteiger partial charge in [-0.2, -0.15) is 11.3 Å². The summed E-state index contributed by atoms with van der Waals surface area (Å²) in [5.41, 5.74) is 2.18. The Morgan fingerprint density at radius 3 is 2.81 bits per heavy atom. The number of rotatable bonds is 5. The zero-order chi connectivity index (χ0) is 18.6. The maximum absolute atomic E-state index is 12.6. The number of hydrogen-bond donors (Lipinski definition) is 1. The molecule has 1 atom stereocenters. The van der Waals surface area contributed by atoms with Crippen LogP contribution in [0.4, 0.5) is 0 Å². The van der Waals surface area contributed by atoms with Gasteiger partial charge in [-0.05, 0) is 51.6 Å². The zero-order valence-electron chi connectivity index (χ0n) is 15.1. The van der Waals surface area contributed by atoms with Crippen molar-refractivity contribution in [2.24, 2.45) is 0 Å². The van der Waals surface area contributed by atoms with Crippen molar-refractivity contribution >= 4 is 33.9 Å². The standard InChI is InChI=1S/C22H22N2O2S/c25-21(13-17-7-3-6-16-5-1-2-8-19(16)17)23-14-22(26)24-11-4-9-20(24)18-10-12-27-15-18/h1-3,5-8,10,12,15,20H,4,9,11,13-14H2,(H,23,25). The minimum atomic E-state index is -0.119. The van der Waals surface area contributed by atoms with Crippen LogP contribution in [0.1, 0.15) is 30.0 Å². The first-order valence-electron chi connectivity index (χ1n) is 9.27. The fourth-order valence-electron chi connectivity index (χ4n) is 3.83. The monoisotopic (exact) mass is 378 g/mol. The quantitative estimate of drug-likeness (QED) is 0.731. The van der Waals surface area contributed by atoms with Crippen LogP contribution in [0.25, 0.3) is 10.8 Å². The number of hydrogen-bond acceptors (Lipinski definition) is 3. The molecule has 2 aromatic carbocycles. The Morgan fingerprint density at radius 2 is 1.96 bits per heavy atom. The zero-order valence-corrected chi connectivity index (χ0v) is 15.9. The Kier molecular flexibility index (Phi) is 5.21. The largest absolute Gasteiger partial charge is 0.347 e. The van der Waals surface area contributed by atoms with Crippen LogP contribution in [-0.4, -0.2) is 29.8 Å². The summed E-state index contributed by atoms with van der Waals surface area (Å²) in [6.07, 6.45) is 2.28. The number of amides is 2.